The molecule has 0 aliphatic heterocycles. The molecule has 0 radical (unpaired) electrons. The first-order chi connectivity index (χ1) is 6.16. The Labute approximate surface area is 82.7 Å². The molecule has 1 atom stereocenters. The van der Waals surface area contributed by atoms with E-state index >= 15 is 0 Å². The standard InChI is InChI=1S/C13H20/c1-5-6-7-10-13(4)11-8-9-12(2)3/h1,7,9-10,13H,6,8,11H2,2-4H3/b10-7-. The molecule has 0 amide bonds. The SMILES string of the molecule is C#CC/C=C\C(C)CCC=C(C)C. The zero-order chi connectivity index (χ0) is 10.1. The molecule has 0 saturated heterocycles. The third-order valence-corrected chi connectivity index (χ3v) is 1.87. The maximum absolute atomic E-state index is 5.14. The summed E-state index contributed by atoms with van der Waals surface area (Å²) in [6.45, 7) is 6.50. The van der Waals surface area contributed by atoms with Gasteiger partial charge in [0.25, 0.3) is 0 Å². The number of allylic oxidation sites excluding steroid dienone is 4. The van der Waals surface area contributed by atoms with E-state index in [1.54, 1.807) is 0 Å². The molecule has 0 N–H and O–H groups in total. The van der Waals surface area contributed by atoms with Gasteiger partial charge in [-0.2, -0.15) is 0 Å². The van der Waals surface area contributed by atoms with Crippen LogP contribution in [0.5, 0.6) is 0 Å². The predicted molar refractivity (Wildman–Crippen MR) is 60.4 cm³/mol. The quantitative estimate of drug-likeness (QED) is 0.439. The summed E-state index contributed by atoms with van der Waals surface area (Å²) < 4.78 is 0. The van der Waals surface area contributed by atoms with Gasteiger partial charge in [0.05, 0.1) is 0 Å². The number of terminal acetylenes is 1. The second-order valence-corrected chi connectivity index (χ2v) is 3.67. The molecule has 13 heavy (non-hydrogen) atoms. The Balaban J connectivity index is 3.58. The molecule has 0 rings (SSSR count). The van der Waals surface area contributed by atoms with Crippen molar-refractivity contribution in [3.8, 4) is 12.3 Å². The lowest BCUT2D eigenvalue weighted by Gasteiger charge is -2.02. The molecule has 0 aromatic carbocycles. The van der Waals surface area contributed by atoms with Crippen LogP contribution in [0.4, 0.5) is 0 Å². The van der Waals surface area contributed by atoms with Crippen molar-refractivity contribution in [1.82, 2.24) is 0 Å². The summed E-state index contributed by atoms with van der Waals surface area (Å²) >= 11 is 0. The first-order valence-corrected chi connectivity index (χ1v) is 4.90. The summed E-state index contributed by atoms with van der Waals surface area (Å²) in [4.78, 5) is 0. The van der Waals surface area contributed by atoms with Crippen LogP contribution in [0, 0.1) is 18.3 Å². The third-order valence-electron chi connectivity index (χ3n) is 1.87. The van der Waals surface area contributed by atoms with E-state index in [-0.39, 0.29) is 0 Å². The Morgan fingerprint density at radius 1 is 1.46 bits per heavy atom. The molecule has 0 fully saturated rings. The molecule has 0 aliphatic carbocycles. The van der Waals surface area contributed by atoms with E-state index in [1.165, 1.54) is 18.4 Å². The van der Waals surface area contributed by atoms with Crippen molar-refractivity contribution in [1.29, 1.82) is 0 Å². The van der Waals surface area contributed by atoms with Crippen LogP contribution in [0.2, 0.25) is 0 Å². The minimum atomic E-state index is 0.643. The van der Waals surface area contributed by atoms with Gasteiger partial charge in [-0.15, -0.1) is 12.3 Å². The second-order valence-electron chi connectivity index (χ2n) is 3.67. The normalized spacial score (nSPS) is 12.5. The summed E-state index contributed by atoms with van der Waals surface area (Å²) in [6.07, 6.45) is 14.9. The molecule has 0 nitrogen and oxygen atoms in total. The van der Waals surface area contributed by atoms with Crippen LogP contribution in [-0.2, 0) is 0 Å². The molecular weight excluding hydrogens is 156 g/mol. The smallest absolute Gasteiger partial charge is 0.0267 e. The van der Waals surface area contributed by atoms with Gasteiger partial charge in [0.2, 0.25) is 0 Å². The van der Waals surface area contributed by atoms with E-state index in [0.717, 1.165) is 6.42 Å². The molecule has 72 valence electrons. The molecular formula is C13H20. The zero-order valence-electron chi connectivity index (χ0n) is 9.01. The van der Waals surface area contributed by atoms with E-state index in [9.17, 15) is 0 Å². The van der Waals surface area contributed by atoms with Gasteiger partial charge in [-0.1, -0.05) is 30.7 Å². The van der Waals surface area contributed by atoms with Crippen molar-refractivity contribution in [3.63, 3.8) is 0 Å². The third kappa shape index (κ3) is 8.95. The molecule has 0 bridgehead atoms. The molecule has 0 spiro atoms. The molecule has 0 heteroatoms. The van der Waals surface area contributed by atoms with Gasteiger partial charge in [0, 0.05) is 6.42 Å². The predicted octanol–water partition coefficient (Wildman–Crippen LogP) is 3.95. The van der Waals surface area contributed by atoms with Crippen molar-refractivity contribution in [3.05, 3.63) is 23.8 Å². The van der Waals surface area contributed by atoms with Crippen LogP contribution in [0.25, 0.3) is 0 Å². The summed E-state index contributed by atoms with van der Waals surface area (Å²) in [5.41, 5.74) is 1.40. The molecule has 1 unspecified atom stereocenters. The molecule has 0 aromatic heterocycles. The highest BCUT2D eigenvalue weighted by Crippen LogP contribution is 2.09. The van der Waals surface area contributed by atoms with E-state index in [0.29, 0.717) is 5.92 Å². The van der Waals surface area contributed by atoms with Gasteiger partial charge in [-0.05, 0) is 32.6 Å². The fourth-order valence-electron chi connectivity index (χ4n) is 1.10. The van der Waals surface area contributed by atoms with E-state index < -0.39 is 0 Å². The van der Waals surface area contributed by atoms with Crippen LogP contribution < -0.4 is 0 Å². The van der Waals surface area contributed by atoms with Gasteiger partial charge < -0.3 is 0 Å². The van der Waals surface area contributed by atoms with Crippen LogP contribution >= 0.6 is 0 Å². The van der Waals surface area contributed by atoms with Crippen molar-refractivity contribution < 1.29 is 0 Å². The number of hydrogen-bond donors (Lipinski definition) is 0. The van der Waals surface area contributed by atoms with Crippen LogP contribution in [0.15, 0.2) is 23.8 Å². The topological polar surface area (TPSA) is 0 Å². The van der Waals surface area contributed by atoms with Crippen LogP contribution in [0.1, 0.15) is 40.0 Å². The Morgan fingerprint density at radius 2 is 2.15 bits per heavy atom. The largest absolute Gasteiger partial charge is 0.120 e. The fourth-order valence-corrected chi connectivity index (χ4v) is 1.10. The van der Waals surface area contributed by atoms with Gasteiger partial charge in [-0.3, -0.25) is 0 Å². The fraction of sp³-hybridized carbons (Fsp3) is 0.538. The summed E-state index contributed by atoms with van der Waals surface area (Å²) in [5.74, 6) is 3.24. The Morgan fingerprint density at radius 3 is 2.69 bits per heavy atom. The van der Waals surface area contributed by atoms with E-state index in [2.05, 4.69) is 44.9 Å². The van der Waals surface area contributed by atoms with Gasteiger partial charge >= 0.3 is 0 Å². The maximum atomic E-state index is 5.14. The lowest BCUT2D eigenvalue weighted by atomic mass is 10.0. The maximum Gasteiger partial charge on any atom is 0.0267 e. The molecule has 0 aromatic rings. The first-order valence-electron chi connectivity index (χ1n) is 4.90. The van der Waals surface area contributed by atoms with Gasteiger partial charge in [0.15, 0.2) is 0 Å². The lowest BCUT2D eigenvalue weighted by Crippen LogP contribution is -1.87. The second kappa shape index (κ2) is 7.68. The first kappa shape index (κ1) is 12.0. The van der Waals surface area contributed by atoms with E-state index in [1.807, 2.05) is 0 Å². The average Bonchev–Trinajstić information content (AvgIpc) is 2.04. The monoisotopic (exact) mass is 176 g/mol. The molecule has 0 saturated carbocycles. The highest BCUT2D eigenvalue weighted by atomic mass is 14.0. The molecule has 0 heterocycles. The van der Waals surface area contributed by atoms with Gasteiger partial charge in [-0.25, -0.2) is 0 Å². The van der Waals surface area contributed by atoms with Crippen molar-refractivity contribution in [2.24, 2.45) is 5.92 Å². The zero-order valence-corrected chi connectivity index (χ0v) is 9.01. The minimum Gasteiger partial charge on any atom is -0.120 e. The van der Waals surface area contributed by atoms with Crippen LogP contribution in [-0.4, -0.2) is 0 Å². The van der Waals surface area contributed by atoms with Crippen molar-refractivity contribution >= 4 is 0 Å². The summed E-state index contributed by atoms with van der Waals surface area (Å²) in [5, 5.41) is 0. The highest BCUT2D eigenvalue weighted by Gasteiger charge is 1.93. The summed E-state index contributed by atoms with van der Waals surface area (Å²) in [7, 11) is 0. The minimum absolute atomic E-state index is 0.643. The Bertz CT molecular complexity index is 209. The number of rotatable bonds is 5. The average molecular weight is 176 g/mol. The van der Waals surface area contributed by atoms with Crippen molar-refractivity contribution in [2.45, 2.75) is 40.0 Å². The summed E-state index contributed by atoms with van der Waals surface area (Å²) in [6, 6.07) is 0. The van der Waals surface area contributed by atoms with Crippen molar-refractivity contribution in [2.75, 3.05) is 0 Å². The Hall–Kier alpha value is -0.960. The van der Waals surface area contributed by atoms with E-state index in [4.69, 9.17) is 6.42 Å². The van der Waals surface area contributed by atoms with Gasteiger partial charge in [0.1, 0.15) is 0 Å². The molecule has 0 aliphatic rings. The highest BCUT2D eigenvalue weighted by molar-refractivity contribution is 4.99. The lowest BCUT2D eigenvalue weighted by molar-refractivity contribution is 0.655. The number of hydrogen-bond acceptors (Lipinski definition) is 0. The Kier molecular flexibility index (Phi) is 7.11. The van der Waals surface area contributed by atoms with Crippen LogP contribution in [0.3, 0.4) is 0 Å².